The average molecular weight is 370 g/mol. The summed E-state index contributed by atoms with van der Waals surface area (Å²) in [5.41, 5.74) is 0. The molecule has 0 spiro atoms. The summed E-state index contributed by atoms with van der Waals surface area (Å²) in [6, 6.07) is 0. The predicted octanol–water partition coefficient (Wildman–Crippen LogP) is 2.17. The van der Waals surface area contributed by atoms with Crippen LogP contribution in [-0.4, -0.2) is 38.0 Å². The first kappa shape index (κ1) is 16.3. The molecule has 2 N–H and O–H groups in total. The third kappa shape index (κ3) is 4.45. The lowest BCUT2D eigenvalue weighted by molar-refractivity contribution is -0.122. The fraction of sp³-hybridized carbons (Fsp3) is 0.500. The first-order valence-corrected chi connectivity index (χ1v) is 9.59. The minimum absolute atomic E-state index is 0.00772. The van der Waals surface area contributed by atoms with Crippen LogP contribution in [0.5, 0.6) is 0 Å². The number of hydrogen-bond acceptors (Lipinski definition) is 9. The highest BCUT2D eigenvalue weighted by Gasteiger charge is 2.26. The van der Waals surface area contributed by atoms with E-state index in [0.717, 1.165) is 24.3 Å². The Morgan fingerprint density at radius 2 is 1.87 bits per heavy atom. The number of carbonyl (C=O) groups excluding carboxylic acids is 2. The molecule has 1 aliphatic carbocycles. The van der Waals surface area contributed by atoms with Crippen LogP contribution in [0.1, 0.15) is 24.3 Å². The summed E-state index contributed by atoms with van der Waals surface area (Å²) >= 11 is 3.86. The number of hydrogen-bond donors (Lipinski definition) is 2. The summed E-state index contributed by atoms with van der Waals surface area (Å²) in [4.78, 5) is 23.6. The van der Waals surface area contributed by atoms with Crippen molar-refractivity contribution < 1.29 is 9.59 Å². The second kappa shape index (κ2) is 7.32. The Hall–Kier alpha value is -1.59. The lowest BCUT2D eigenvalue weighted by Gasteiger charge is -2.23. The molecule has 0 unspecified atom stereocenters. The summed E-state index contributed by atoms with van der Waals surface area (Å²) in [5.74, 6) is 0.134. The molecular formula is C12H14N6O2S3. The first-order valence-electron chi connectivity index (χ1n) is 6.97. The Bertz CT molecular complexity index is 711. The molecule has 0 aromatic carbocycles. The van der Waals surface area contributed by atoms with Crippen molar-refractivity contribution in [3.8, 4) is 0 Å². The van der Waals surface area contributed by atoms with Gasteiger partial charge in [0.25, 0.3) is 0 Å². The van der Waals surface area contributed by atoms with Gasteiger partial charge in [-0.15, -0.1) is 20.4 Å². The van der Waals surface area contributed by atoms with Crippen LogP contribution in [0.25, 0.3) is 0 Å². The molecule has 11 heteroatoms. The quantitative estimate of drug-likeness (QED) is 0.592. The Morgan fingerprint density at radius 1 is 1.13 bits per heavy atom. The highest BCUT2D eigenvalue weighted by atomic mass is 32.2. The zero-order chi connectivity index (χ0) is 16.2. The topological polar surface area (TPSA) is 110 Å². The number of nitrogens with zero attached hydrogens (tertiary/aromatic N) is 4. The standard InChI is InChI=1S/C12H14N6O2S3/c1-6-15-16-10(22-6)13-8(19)5-21-12-18-17-11(23-12)14-9(20)7-3-2-4-7/h7H,2-5H2,1H3,(H,13,16,19)(H,14,17,20). The van der Waals surface area contributed by atoms with E-state index in [-0.39, 0.29) is 23.5 Å². The molecule has 2 aromatic heterocycles. The van der Waals surface area contributed by atoms with E-state index < -0.39 is 0 Å². The van der Waals surface area contributed by atoms with Crippen LogP contribution in [0.2, 0.25) is 0 Å². The van der Waals surface area contributed by atoms with E-state index in [9.17, 15) is 9.59 Å². The Morgan fingerprint density at radius 3 is 2.52 bits per heavy atom. The lowest BCUT2D eigenvalue weighted by Crippen LogP contribution is -2.27. The van der Waals surface area contributed by atoms with Gasteiger partial charge in [0.05, 0.1) is 5.75 Å². The fourth-order valence-electron chi connectivity index (χ4n) is 1.83. The van der Waals surface area contributed by atoms with Crippen molar-refractivity contribution in [3.05, 3.63) is 5.01 Å². The zero-order valence-electron chi connectivity index (χ0n) is 12.2. The summed E-state index contributed by atoms with van der Waals surface area (Å²) in [6.07, 6.45) is 2.99. The number of carbonyl (C=O) groups is 2. The highest BCUT2D eigenvalue weighted by Crippen LogP contribution is 2.30. The van der Waals surface area contributed by atoms with Crippen LogP contribution in [-0.2, 0) is 9.59 Å². The number of nitrogens with one attached hydrogen (secondary N) is 2. The van der Waals surface area contributed by atoms with E-state index in [1.807, 2.05) is 6.92 Å². The summed E-state index contributed by atoms with van der Waals surface area (Å²) in [7, 11) is 0. The fourth-order valence-corrected chi connectivity index (χ4v) is 3.99. The number of amides is 2. The molecule has 2 amide bonds. The summed E-state index contributed by atoms with van der Waals surface area (Å²) < 4.78 is 0.637. The van der Waals surface area contributed by atoms with E-state index in [4.69, 9.17) is 0 Å². The minimum Gasteiger partial charge on any atom is -0.300 e. The van der Waals surface area contributed by atoms with Gasteiger partial charge < -0.3 is 5.32 Å². The van der Waals surface area contributed by atoms with Crippen molar-refractivity contribution >= 4 is 56.5 Å². The molecule has 0 saturated heterocycles. The van der Waals surface area contributed by atoms with Gasteiger partial charge in [0.2, 0.25) is 22.1 Å². The Balaban J connectivity index is 1.45. The van der Waals surface area contributed by atoms with Gasteiger partial charge in [-0.2, -0.15) is 0 Å². The lowest BCUT2D eigenvalue weighted by atomic mass is 9.85. The first-order chi connectivity index (χ1) is 11.1. The van der Waals surface area contributed by atoms with Crippen LogP contribution in [0.3, 0.4) is 0 Å². The molecule has 3 rings (SSSR count). The predicted molar refractivity (Wildman–Crippen MR) is 89.9 cm³/mol. The molecular weight excluding hydrogens is 356 g/mol. The molecule has 1 aliphatic rings. The minimum atomic E-state index is -0.179. The van der Waals surface area contributed by atoms with Gasteiger partial charge in [-0.05, 0) is 19.8 Å². The SMILES string of the molecule is Cc1nnc(NC(=O)CSc2nnc(NC(=O)C3CCC3)s2)s1. The van der Waals surface area contributed by atoms with Crippen molar-refractivity contribution in [2.45, 2.75) is 30.5 Å². The number of rotatable bonds is 6. The average Bonchev–Trinajstić information content (AvgIpc) is 3.04. The van der Waals surface area contributed by atoms with Crippen molar-refractivity contribution in [2.75, 3.05) is 16.4 Å². The maximum absolute atomic E-state index is 11.8. The smallest absolute Gasteiger partial charge is 0.236 e. The molecule has 23 heavy (non-hydrogen) atoms. The molecule has 2 heterocycles. The van der Waals surface area contributed by atoms with Crippen LogP contribution in [0.15, 0.2) is 4.34 Å². The van der Waals surface area contributed by atoms with Gasteiger partial charge >= 0.3 is 0 Å². The molecule has 1 fully saturated rings. The van der Waals surface area contributed by atoms with Gasteiger partial charge in [0.1, 0.15) is 5.01 Å². The van der Waals surface area contributed by atoms with E-state index in [2.05, 4.69) is 31.0 Å². The Labute approximate surface area is 144 Å². The van der Waals surface area contributed by atoms with Crippen molar-refractivity contribution in [3.63, 3.8) is 0 Å². The van der Waals surface area contributed by atoms with E-state index in [0.29, 0.717) is 14.6 Å². The second-order valence-electron chi connectivity index (χ2n) is 4.95. The van der Waals surface area contributed by atoms with Gasteiger partial charge in [-0.25, -0.2) is 0 Å². The number of thioether (sulfide) groups is 1. The van der Waals surface area contributed by atoms with E-state index >= 15 is 0 Å². The van der Waals surface area contributed by atoms with Crippen molar-refractivity contribution in [1.82, 2.24) is 20.4 Å². The normalized spacial score (nSPS) is 14.3. The third-order valence-corrected chi connectivity index (χ3v) is 5.94. The van der Waals surface area contributed by atoms with E-state index in [1.54, 1.807) is 0 Å². The number of aromatic nitrogens is 4. The van der Waals surface area contributed by atoms with Crippen molar-refractivity contribution in [2.24, 2.45) is 5.92 Å². The molecule has 0 radical (unpaired) electrons. The largest absolute Gasteiger partial charge is 0.300 e. The molecule has 2 aromatic rings. The summed E-state index contributed by atoms with van der Waals surface area (Å²) in [6.45, 7) is 1.82. The number of anilines is 2. The van der Waals surface area contributed by atoms with Crippen LogP contribution >= 0.6 is 34.4 Å². The van der Waals surface area contributed by atoms with Crippen LogP contribution in [0.4, 0.5) is 10.3 Å². The maximum atomic E-state index is 11.8. The maximum Gasteiger partial charge on any atom is 0.236 e. The van der Waals surface area contributed by atoms with Crippen LogP contribution in [0, 0.1) is 12.8 Å². The second-order valence-corrected chi connectivity index (χ2v) is 8.33. The van der Waals surface area contributed by atoms with Gasteiger partial charge in [0, 0.05) is 5.92 Å². The molecule has 0 atom stereocenters. The molecule has 122 valence electrons. The molecule has 1 saturated carbocycles. The van der Waals surface area contributed by atoms with Crippen molar-refractivity contribution in [1.29, 1.82) is 0 Å². The van der Waals surface area contributed by atoms with Gasteiger partial charge in [-0.3, -0.25) is 14.9 Å². The highest BCUT2D eigenvalue weighted by molar-refractivity contribution is 8.01. The van der Waals surface area contributed by atoms with Gasteiger partial charge in [0.15, 0.2) is 4.34 Å². The molecule has 0 aliphatic heterocycles. The Kier molecular flexibility index (Phi) is 5.18. The van der Waals surface area contributed by atoms with Crippen LogP contribution < -0.4 is 10.6 Å². The molecule has 0 bridgehead atoms. The van der Waals surface area contributed by atoms with E-state index in [1.165, 1.54) is 34.4 Å². The summed E-state index contributed by atoms with van der Waals surface area (Å²) in [5, 5.41) is 22.8. The monoisotopic (exact) mass is 370 g/mol. The third-order valence-electron chi connectivity index (χ3n) is 3.21. The number of aryl methyl sites for hydroxylation is 1. The van der Waals surface area contributed by atoms with Gasteiger partial charge in [-0.1, -0.05) is 40.9 Å². The zero-order valence-corrected chi connectivity index (χ0v) is 14.7. The molecule has 8 nitrogen and oxygen atoms in total.